The molecular formula is C21H26ClFN2O3. The Morgan fingerprint density at radius 1 is 1.25 bits per heavy atom. The molecule has 2 aromatic rings. The van der Waals surface area contributed by atoms with E-state index < -0.39 is 5.82 Å². The number of carbonyl (C=O) groups excluding carboxylic acids is 1. The predicted octanol–water partition coefficient (Wildman–Crippen LogP) is 5.11. The summed E-state index contributed by atoms with van der Waals surface area (Å²) in [6, 6.07) is 11.7. The van der Waals surface area contributed by atoms with E-state index in [2.05, 4.69) is 5.32 Å². The minimum atomic E-state index is -0.511. The smallest absolute Gasteiger partial charge is 0.247 e. The summed E-state index contributed by atoms with van der Waals surface area (Å²) in [6.45, 7) is 3.82. The standard InChI is InChI=1S/C21H26ClFN2O3/c1-5-18(24-14(2)13-19(26)25(3)27-4)16-11-12-17(22)21(20(16)23)28-15-9-7-6-8-10-15/h6-12,14,18,24H,5,13H2,1-4H3/t14-,18-/m1/s1. The number of hydrogen-bond acceptors (Lipinski definition) is 4. The highest BCUT2D eigenvalue weighted by Crippen LogP contribution is 2.36. The molecule has 7 heteroatoms. The van der Waals surface area contributed by atoms with Crippen LogP contribution in [0.1, 0.15) is 38.3 Å². The van der Waals surface area contributed by atoms with Crippen molar-refractivity contribution < 1.29 is 18.8 Å². The first kappa shape index (κ1) is 22.1. The van der Waals surface area contributed by atoms with E-state index in [9.17, 15) is 4.79 Å². The highest BCUT2D eigenvalue weighted by Gasteiger charge is 2.23. The van der Waals surface area contributed by atoms with Gasteiger partial charge in [0.25, 0.3) is 0 Å². The summed E-state index contributed by atoms with van der Waals surface area (Å²) in [7, 11) is 2.99. The molecule has 0 bridgehead atoms. The maximum Gasteiger partial charge on any atom is 0.247 e. The van der Waals surface area contributed by atoms with Crippen molar-refractivity contribution in [3.05, 3.63) is 58.9 Å². The van der Waals surface area contributed by atoms with Gasteiger partial charge in [-0.1, -0.05) is 42.8 Å². The summed E-state index contributed by atoms with van der Waals surface area (Å²) in [5, 5.41) is 4.68. The first-order valence-corrected chi connectivity index (χ1v) is 9.52. The molecule has 0 fully saturated rings. The maximum atomic E-state index is 15.2. The van der Waals surface area contributed by atoms with Crippen LogP contribution in [0.4, 0.5) is 4.39 Å². The molecule has 0 aliphatic carbocycles. The second kappa shape index (κ2) is 10.4. The normalized spacial score (nSPS) is 13.1. The van der Waals surface area contributed by atoms with Crippen molar-refractivity contribution in [2.24, 2.45) is 0 Å². The van der Waals surface area contributed by atoms with Crippen LogP contribution in [0.5, 0.6) is 11.5 Å². The fraction of sp³-hybridized carbons (Fsp3) is 0.381. The number of para-hydroxylation sites is 1. The Hall–Kier alpha value is -2.15. The van der Waals surface area contributed by atoms with Gasteiger partial charge in [-0.2, -0.15) is 0 Å². The molecule has 28 heavy (non-hydrogen) atoms. The fourth-order valence-corrected chi connectivity index (χ4v) is 3.02. The molecule has 0 aromatic heterocycles. The molecule has 2 atom stereocenters. The van der Waals surface area contributed by atoms with Crippen LogP contribution in [0.25, 0.3) is 0 Å². The SMILES string of the molecule is CC[C@@H](N[C@H](C)CC(=O)N(C)OC)c1ccc(Cl)c(Oc2ccccc2)c1F. The Labute approximate surface area is 170 Å². The number of nitrogens with zero attached hydrogens (tertiary/aromatic N) is 1. The number of nitrogens with one attached hydrogen (secondary N) is 1. The van der Waals surface area contributed by atoms with Crippen LogP contribution in [-0.2, 0) is 9.63 Å². The number of carbonyl (C=O) groups is 1. The van der Waals surface area contributed by atoms with Crippen molar-refractivity contribution >= 4 is 17.5 Å². The molecule has 1 amide bonds. The number of rotatable bonds is 9. The number of hydroxylamine groups is 2. The van der Waals surface area contributed by atoms with Crippen molar-refractivity contribution in [3.8, 4) is 11.5 Å². The first-order chi connectivity index (χ1) is 13.4. The Bertz CT molecular complexity index is 789. The van der Waals surface area contributed by atoms with E-state index in [4.69, 9.17) is 21.2 Å². The molecular weight excluding hydrogens is 383 g/mol. The zero-order valence-electron chi connectivity index (χ0n) is 16.5. The maximum absolute atomic E-state index is 15.2. The van der Waals surface area contributed by atoms with Gasteiger partial charge in [0, 0.05) is 31.1 Å². The molecule has 0 spiro atoms. The molecule has 0 heterocycles. The van der Waals surface area contributed by atoms with Crippen LogP contribution in [-0.4, -0.2) is 31.2 Å². The van der Waals surface area contributed by atoms with Crippen LogP contribution in [0.2, 0.25) is 5.02 Å². The summed E-state index contributed by atoms with van der Waals surface area (Å²) in [4.78, 5) is 16.9. The minimum Gasteiger partial charge on any atom is -0.453 e. The summed E-state index contributed by atoms with van der Waals surface area (Å²) in [5.41, 5.74) is 0.442. The summed E-state index contributed by atoms with van der Waals surface area (Å²) >= 11 is 6.18. The number of benzene rings is 2. The number of ether oxygens (including phenoxy) is 1. The van der Waals surface area contributed by atoms with Crippen molar-refractivity contribution in [3.63, 3.8) is 0 Å². The largest absolute Gasteiger partial charge is 0.453 e. The molecule has 1 N–H and O–H groups in total. The fourth-order valence-electron chi connectivity index (χ4n) is 2.84. The van der Waals surface area contributed by atoms with Gasteiger partial charge in [-0.25, -0.2) is 9.45 Å². The van der Waals surface area contributed by atoms with Gasteiger partial charge in [0.1, 0.15) is 5.75 Å². The number of hydrogen-bond donors (Lipinski definition) is 1. The molecule has 2 rings (SSSR count). The zero-order valence-corrected chi connectivity index (χ0v) is 17.3. The number of amides is 1. The Morgan fingerprint density at radius 3 is 2.54 bits per heavy atom. The second-order valence-corrected chi connectivity index (χ2v) is 6.91. The van der Waals surface area contributed by atoms with Gasteiger partial charge in [-0.3, -0.25) is 9.63 Å². The minimum absolute atomic E-state index is 0.00605. The highest BCUT2D eigenvalue weighted by molar-refractivity contribution is 6.32. The van der Waals surface area contributed by atoms with Crippen molar-refractivity contribution in [2.75, 3.05) is 14.2 Å². The van der Waals surface area contributed by atoms with Gasteiger partial charge in [0.2, 0.25) is 5.91 Å². The van der Waals surface area contributed by atoms with E-state index in [1.807, 2.05) is 19.9 Å². The Balaban J connectivity index is 2.19. The third kappa shape index (κ3) is 5.67. The van der Waals surface area contributed by atoms with E-state index >= 15 is 4.39 Å². The number of halogens is 2. The average Bonchev–Trinajstić information content (AvgIpc) is 2.69. The third-order valence-corrected chi connectivity index (χ3v) is 4.71. The van der Waals surface area contributed by atoms with E-state index in [0.29, 0.717) is 17.7 Å². The lowest BCUT2D eigenvalue weighted by Crippen LogP contribution is -2.36. The van der Waals surface area contributed by atoms with Crippen LogP contribution >= 0.6 is 11.6 Å². The monoisotopic (exact) mass is 408 g/mol. The van der Waals surface area contributed by atoms with Gasteiger partial charge >= 0.3 is 0 Å². The summed E-state index contributed by atoms with van der Waals surface area (Å²) < 4.78 is 20.9. The second-order valence-electron chi connectivity index (χ2n) is 6.50. The lowest BCUT2D eigenvalue weighted by Gasteiger charge is -2.25. The summed E-state index contributed by atoms with van der Waals surface area (Å²) in [6.07, 6.45) is 0.853. The summed E-state index contributed by atoms with van der Waals surface area (Å²) in [5.74, 6) is -0.179. The topological polar surface area (TPSA) is 50.8 Å². The van der Waals surface area contributed by atoms with Gasteiger partial charge < -0.3 is 10.1 Å². The molecule has 0 unspecified atom stereocenters. The zero-order chi connectivity index (χ0) is 20.7. The van der Waals surface area contributed by atoms with Gasteiger partial charge in [-0.05, 0) is 31.5 Å². The van der Waals surface area contributed by atoms with Crippen LogP contribution in [0.3, 0.4) is 0 Å². The molecule has 0 radical (unpaired) electrons. The lowest BCUT2D eigenvalue weighted by atomic mass is 10.0. The van der Waals surface area contributed by atoms with Crippen LogP contribution < -0.4 is 10.1 Å². The van der Waals surface area contributed by atoms with Crippen LogP contribution in [0.15, 0.2) is 42.5 Å². The van der Waals surface area contributed by atoms with Crippen molar-refractivity contribution in [1.29, 1.82) is 0 Å². The Kier molecular flexibility index (Phi) is 8.23. The van der Waals surface area contributed by atoms with Gasteiger partial charge in [-0.15, -0.1) is 0 Å². The molecule has 0 saturated heterocycles. The van der Waals surface area contributed by atoms with E-state index in [0.717, 1.165) is 0 Å². The quantitative estimate of drug-likeness (QED) is 0.586. The average molecular weight is 409 g/mol. The highest BCUT2D eigenvalue weighted by atomic mass is 35.5. The van der Waals surface area contributed by atoms with Gasteiger partial charge in [0.05, 0.1) is 12.1 Å². The van der Waals surface area contributed by atoms with Gasteiger partial charge in [0.15, 0.2) is 11.6 Å². The first-order valence-electron chi connectivity index (χ1n) is 9.14. The molecule has 0 aliphatic heterocycles. The molecule has 5 nitrogen and oxygen atoms in total. The molecule has 2 aromatic carbocycles. The third-order valence-electron chi connectivity index (χ3n) is 4.42. The predicted molar refractivity (Wildman–Crippen MR) is 108 cm³/mol. The van der Waals surface area contributed by atoms with E-state index in [-0.39, 0.29) is 35.2 Å². The van der Waals surface area contributed by atoms with E-state index in [1.54, 1.807) is 43.4 Å². The molecule has 0 saturated carbocycles. The Morgan fingerprint density at radius 2 is 1.93 bits per heavy atom. The van der Waals surface area contributed by atoms with Crippen molar-refractivity contribution in [2.45, 2.75) is 38.8 Å². The lowest BCUT2D eigenvalue weighted by molar-refractivity contribution is -0.169. The molecule has 152 valence electrons. The van der Waals surface area contributed by atoms with Crippen molar-refractivity contribution in [1.82, 2.24) is 10.4 Å². The van der Waals surface area contributed by atoms with E-state index in [1.165, 1.54) is 12.2 Å². The molecule has 0 aliphatic rings. The van der Waals surface area contributed by atoms with Crippen LogP contribution in [0, 0.1) is 5.82 Å².